The molecule has 0 aromatic heterocycles. The van der Waals surface area contributed by atoms with Crippen molar-refractivity contribution in [3.63, 3.8) is 0 Å². The Morgan fingerprint density at radius 1 is 1.32 bits per heavy atom. The second-order valence-electron chi connectivity index (χ2n) is 6.02. The summed E-state index contributed by atoms with van der Waals surface area (Å²) in [6, 6.07) is 8.69. The van der Waals surface area contributed by atoms with Crippen LogP contribution in [0.5, 0.6) is 0 Å². The van der Waals surface area contributed by atoms with E-state index in [9.17, 15) is 4.79 Å². The Balaban J connectivity index is 1.76. The van der Waals surface area contributed by atoms with E-state index in [0.29, 0.717) is 5.41 Å². The Kier molecular flexibility index (Phi) is 2.47. The molecule has 3 aliphatic rings. The van der Waals surface area contributed by atoms with Gasteiger partial charge in [0.15, 0.2) is 4.84 Å². The highest BCUT2D eigenvalue weighted by atomic mass is 35.5. The van der Waals surface area contributed by atoms with Crippen molar-refractivity contribution in [1.29, 1.82) is 0 Å². The van der Waals surface area contributed by atoms with Crippen LogP contribution < -0.4 is 0 Å². The van der Waals surface area contributed by atoms with E-state index in [4.69, 9.17) is 23.2 Å². The Morgan fingerprint density at radius 2 is 2.00 bits per heavy atom. The van der Waals surface area contributed by atoms with E-state index in [1.54, 1.807) is 0 Å². The van der Waals surface area contributed by atoms with Crippen LogP contribution in [0.4, 0.5) is 0 Å². The van der Waals surface area contributed by atoms with Crippen LogP contribution in [0, 0.1) is 11.3 Å². The van der Waals surface area contributed by atoms with Gasteiger partial charge in [-0.2, -0.15) is 0 Å². The molecule has 0 N–H and O–H groups in total. The normalized spacial score (nSPS) is 34.8. The largest absolute Gasteiger partial charge is 0.332 e. The van der Waals surface area contributed by atoms with E-state index < -0.39 is 4.84 Å². The molecule has 1 heterocycles. The topological polar surface area (TPSA) is 20.3 Å². The fourth-order valence-electron chi connectivity index (χ4n) is 3.74. The highest BCUT2D eigenvalue weighted by molar-refractivity contribution is 6.53. The molecule has 2 aliphatic carbocycles. The number of amides is 1. The Labute approximate surface area is 122 Å². The summed E-state index contributed by atoms with van der Waals surface area (Å²) in [7, 11) is 0. The second kappa shape index (κ2) is 3.89. The van der Waals surface area contributed by atoms with Crippen molar-refractivity contribution in [3.8, 4) is 0 Å². The van der Waals surface area contributed by atoms with Gasteiger partial charge in [-0.15, -0.1) is 0 Å². The molecule has 0 bridgehead atoms. The number of halogens is 2. The lowest BCUT2D eigenvalue weighted by atomic mass is 9.86. The van der Waals surface area contributed by atoms with Gasteiger partial charge < -0.3 is 4.90 Å². The number of fused-ring (bicyclic) bond motifs is 2. The van der Waals surface area contributed by atoms with Crippen LogP contribution >= 0.6 is 23.2 Å². The minimum Gasteiger partial charge on any atom is -0.332 e. The van der Waals surface area contributed by atoms with Gasteiger partial charge in [0.1, 0.15) is 0 Å². The predicted octanol–water partition coefficient (Wildman–Crippen LogP) is 3.33. The van der Waals surface area contributed by atoms with Crippen molar-refractivity contribution in [1.82, 2.24) is 4.90 Å². The summed E-state index contributed by atoms with van der Waals surface area (Å²) in [5.41, 5.74) is 3.05. The first-order valence-corrected chi connectivity index (χ1v) is 7.67. The van der Waals surface area contributed by atoms with Crippen LogP contribution in [-0.2, 0) is 11.2 Å². The van der Waals surface area contributed by atoms with Crippen LogP contribution in [0.1, 0.15) is 30.0 Å². The number of carbonyl (C=O) groups excluding carboxylic acids is 1. The Bertz CT molecular complexity index is 551. The van der Waals surface area contributed by atoms with E-state index in [1.807, 2.05) is 4.90 Å². The summed E-state index contributed by atoms with van der Waals surface area (Å²) in [6.07, 6.45) is 3.41. The lowest BCUT2D eigenvalue weighted by Crippen LogP contribution is -2.44. The van der Waals surface area contributed by atoms with Crippen molar-refractivity contribution in [2.75, 3.05) is 6.54 Å². The van der Waals surface area contributed by atoms with Gasteiger partial charge in [-0.1, -0.05) is 47.5 Å². The van der Waals surface area contributed by atoms with Gasteiger partial charge in [-0.25, -0.2) is 0 Å². The maximum Gasteiger partial charge on any atom is 0.256 e. The number of alkyl halides is 2. The van der Waals surface area contributed by atoms with Crippen LogP contribution in [0.3, 0.4) is 0 Å². The SMILES string of the molecule is O=C(C(Cl)Cl)N1CCc2ccccc2C1C12CC1C2. The lowest BCUT2D eigenvalue weighted by Gasteiger charge is -2.39. The van der Waals surface area contributed by atoms with Gasteiger partial charge >= 0.3 is 0 Å². The van der Waals surface area contributed by atoms with E-state index in [-0.39, 0.29) is 11.9 Å². The van der Waals surface area contributed by atoms with Crippen LogP contribution in [0.2, 0.25) is 0 Å². The van der Waals surface area contributed by atoms with E-state index in [2.05, 4.69) is 24.3 Å². The number of nitrogens with zero attached hydrogens (tertiary/aromatic N) is 1. The zero-order valence-corrected chi connectivity index (χ0v) is 12.0. The summed E-state index contributed by atoms with van der Waals surface area (Å²) in [6.45, 7) is 0.741. The van der Waals surface area contributed by atoms with Gasteiger partial charge in [0.25, 0.3) is 5.91 Å². The molecule has 0 spiro atoms. The Hall–Kier alpha value is -0.730. The van der Waals surface area contributed by atoms with Crippen molar-refractivity contribution in [2.24, 2.45) is 11.3 Å². The molecule has 2 fully saturated rings. The summed E-state index contributed by atoms with van der Waals surface area (Å²) >= 11 is 11.6. The summed E-state index contributed by atoms with van der Waals surface area (Å²) in [5.74, 6) is 0.692. The standard InChI is InChI=1S/C15H15Cl2NO/c16-13(17)14(19)18-6-5-9-3-1-2-4-11(9)12(18)15-7-10(15)8-15/h1-4,10,12-13H,5-8H2. The molecular weight excluding hydrogens is 281 g/mol. The summed E-state index contributed by atoms with van der Waals surface area (Å²) in [4.78, 5) is 13.3. The first-order valence-electron chi connectivity index (χ1n) is 6.80. The highest BCUT2D eigenvalue weighted by Gasteiger charge is 2.75. The number of hydrogen-bond donors (Lipinski definition) is 0. The minimum atomic E-state index is -0.944. The Morgan fingerprint density at radius 3 is 2.63 bits per heavy atom. The van der Waals surface area contributed by atoms with Gasteiger partial charge in [-0.05, 0) is 41.7 Å². The van der Waals surface area contributed by atoms with Crippen LogP contribution in [0.15, 0.2) is 24.3 Å². The van der Waals surface area contributed by atoms with Gasteiger partial charge in [0.05, 0.1) is 6.04 Å². The summed E-state index contributed by atoms with van der Waals surface area (Å²) < 4.78 is 0. The van der Waals surface area contributed by atoms with E-state index in [1.165, 1.54) is 24.0 Å². The molecule has 1 atom stereocenters. The van der Waals surface area contributed by atoms with Crippen LogP contribution in [-0.4, -0.2) is 22.2 Å². The molecule has 1 aromatic carbocycles. The lowest BCUT2D eigenvalue weighted by molar-refractivity contribution is -0.133. The average Bonchev–Trinajstić information content (AvgIpc) is 3.25. The van der Waals surface area contributed by atoms with Crippen molar-refractivity contribution in [2.45, 2.75) is 30.1 Å². The maximum atomic E-state index is 12.3. The molecule has 0 radical (unpaired) electrons. The summed E-state index contributed by atoms with van der Waals surface area (Å²) in [5, 5.41) is 0. The van der Waals surface area contributed by atoms with Crippen molar-refractivity contribution in [3.05, 3.63) is 35.4 Å². The van der Waals surface area contributed by atoms with Crippen LogP contribution in [0.25, 0.3) is 0 Å². The predicted molar refractivity (Wildman–Crippen MR) is 75.3 cm³/mol. The first-order chi connectivity index (χ1) is 9.13. The van der Waals surface area contributed by atoms with E-state index >= 15 is 0 Å². The van der Waals surface area contributed by atoms with Gasteiger partial charge in [0.2, 0.25) is 0 Å². The fraction of sp³-hybridized carbons (Fsp3) is 0.533. The molecule has 4 rings (SSSR count). The number of hydrogen-bond acceptors (Lipinski definition) is 1. The quantitative estimate of drug-likeness (QED) is 0.767. The number of benzene rings is 1. The smallest absolute Gasteiger partial charge is 0.256 e. The average molecular weight is 296 g/mol. The second-order valence-corrected chi connectivity index (χ2v) is 7.12. The molecular formula is C15H15Cl2NO. The van der Waals surface area contributed by atoms with Crippen molar-refractivity contribution < 1.29 is 4.79 Å². The molecule has 2 nitrogen and oxygen atoms in total. The number of carbonyl (C=O) groups is 1. The van der Waals surface area contributed by atoms with E-state index in [0.717, 1.165) is 18.9 Å². The third kappa shape index (κ3) is 1.66. The molecule has 1 unspecified atom stereocenters. The third-order valence-corrected chi connectivity index (χ3v) is 5.42. The maximum absolute atomic E-state index is 12.3. The van der Waals surface area contributed by atoms with Gasteiger partial charge in [0, 0.05) is 6.54 Å². The molecule has 19 heavy (non-hydrogen) atoms. The fourth-order valence-corrected chi connectivity index (χ4v) is 3.99. The molecule has 0 saturated heterocycles. The molecule has 1 aliphatic heterocycles. The zero-order valence-electron chi connectivity index (χ0n) is 10.5. The first kappa shape index (κ1) is 12.0. The zero-order chi connectivity index (χ0) is 13.2. The monoisotopic (exact) mass is 295 g/mol. The highest BCUT2D eigenvalue weighted by Crippen LogP contribution is 2.81. The minimum absolute atomic E-state index is 0.130. The molecule has 4 heteroatoms. The third-order valence-electron chi connectivity index (χ3n) is 5.04. The van der Waals surface area contributed by atoms with Gasteiger partial charge in [-0.3, -0.25) is 4.79 Å². The molecule has 1 aromatic rings. The number of rotatable bonds is 2. The molecule has 100 valence electrons. The van der Waals surface area contributed by atoms with Crippen molar-refractivity contribution >= 4 is 29.1 Å². The molecule has 2 saturated carbocycles. The molecule has 1 amide bonds.